The summed E-state index contributed by atoms with van der Waals surface area (Å²) in [6, 6.07) is 3.40. The van der Waals surface area contributed by atoms with Crippen LogP contribution >= 0.6 is 0 Å². The smallest absolute Gasteiger partial charge is 0.289 e. The Morgan fingerprint density at radius 2 is 2.05 bits per heavy atom. The zero-order chi connectivity index (χ0) is 15.1. The lowest BCUT2D eigenvalue weighted by Gasteiger charge is -2.06. The lowest BCUT2D eigenvalue weighted by molar-refractivity contribution is -0.137. The highest BCUT2D eigenvalue weighted by atomic mass is 32.2. The molecule has 0 fully saturated rings. The monoisotopic (exact) mass is 303 g/mol. The molecule has 0 spiro atoms. The van der Waals surface area contributed by atoms with Crippen molar-refractivity contribution in [2.24, 2.45) is 0 Å². The van der Waals surface area contributed by atoms with E-state index in [2.05, 4.69) is 4.98 Å². The molecule has 0 aliphatic carbocycles. The summed E-state index contributed by atoms with van der Waals surface area (Å²) in [4.78, 5) is 3.73. The first-order chi connectivity index (χ1) is 9.20. The Hall–Kier alpha value is -2.08. The van der Waals surface area contributed by atoms with Crippen LogP contribution in [0.2, 0.25) is 0 Å². The first-order valence-corrected chi connectivity index (χ1v) is 7.08. The molecule has 5 nitrogen and oxygen atoms in total. The van der Waals surface area contributed by atoms with E-state index in [1.54, 1.807) is 6.07 Å². The number of hydrogen-bond donors (Lipinski definition) is 0. The third kappa shape index (κ3) is 2.22. The van der Waals surface area contributed by atoms with Gasteiger partial charge in [0.05, 0.1) is 11.3 Å². The van der Waals surface area contributed by atoms with Gasteiger partial charge in [-0.1, -0.05) is 6.92 Å². The normalized spacial score (nSPS) is 12.6. The fourth-order valence-corrected chi connectivity index (χ4v) is 2.59. The summed E-state index contributed by atoms with van der Waals surface area (Å²) in [5, 5.41) is 8.50. The number of alkyl halides is 3. The molecular weight excluding hydrogens is 295 g/mol. The van der Waals surface area contributed by atoms with Crippen LogP contribution in [-0.2, 0) is 16.0 Å². The van der Waals surface area contributed by atoms with Crippen LogP contribution in [0.15, 0.2) is 23.4 Å². The third-order valence-electron chi connectivity index (χ3n) is 2.69. The predicted molar refractivity (Wildman–Crippen MR) is 62.6 cm³/mol. The summed E-state index contributed by atoms with van der Waals surface area (Å²) < 4.78 is 62.3. The summed E-state index contributed by atoms with van der Waals surface area (Å²) in [7, 11) is -3.79. The van der Waals surface area contributed by atoms with Gasteiger partial charge in [0, 0.05) is 6.20 Å². The number of nitrogens with zero attached hydrogens (tertiary/aromatic N) is 3. The number of fused-ring (bicyclic) bond motifs is 1. The van der Waals surface area contributed by atoms with E-state index in [4.69, 9.17) is 5.26 Å². The first kappa shape index (κ1) is 14.3. The first-order valence-electron chi connectivity index (χ1n) is 5.43. The molecule has 0 unspecified atom stereocenters. The predicted octanol–water partition coefficient (Wildman–Crippen LogP) is 2.02. The maximum absolute atomic E-state index is 12.6. The molecule has 0 saturated heterocycles. The van der Waals surface area contributed by atoms with Crippen molar-refractivity contribution in [3.63, 3.8) is 0 Å². The largest absolute Gasteiger partial charge is 0.417 e. The van der Waals surface area contributed by atoms with Crippen LogP contribution in [-0.4, -0.2) is 23.6 Å². The van der Waals surface area contributed by atoms with Crippen molar-refractivity contribution >= 4 is 15.5 Å². The summed E-state index contributed by atoms with van der Waals surface area (Å²) in [5.74, 6) is -0.294. The summed E-state index contributed by atoms with van der Waals surface area (Å²) >= 11 is 0. The Morgan fingerprint density at radius 3 is 2.55 bits per heavy atom. The van der Waals surface area contributed by atoms with Crippen LogP contribution in [0, 0.1) is 11.3 Å². The molecule has 0 bridgehead atoms. The molecule has 0 aliphatic rings. The van der Waals surface area contributed by atoms with E-state index in [9.17, 15) is 21.6 Å². The SMILES string of the molecule is CCS(=O)(=O)c1nc2ccc(C(F)(F)F)cn2c1C#N. The van der Waals surface area contributed by atoms with Crippen LogP contribution in [0.3, 0.4) is 0 Å². The molecule has 106 valence electrons. The van der Waals surface area contributed by atoms with Gasteiger partial charge in [0.1, 0.15) is 11.7 Å². The van der Waals surface area contributed by atoms with Crippen LogP contribution < -0.4 is 0 Å². The van der Waals surface area contributed by atoms with Crippen molar-refractivity contribution in [3.8, 4) is 6.07 Å². The third-order valence-corrected chi connectivity index (χ3v) is 4.33. The van der Waals surface area contributed by atoms with Gasteiger partial charge in [-0.3, -0.25) is 4.40 Å². The topological polar surface area (TPSA) is 75.2 Å². The van der Waals surface area contributed by atoms with Gasteiger partial charge < -0.3 is 0 Å². The molecule has 0 aromatic carbocycles. The second-order valence-electron chi connectivity index (χ2n) is 3.92. The Morgan fingerprint density at radius 1 is 1.40 bits per heavy atom. The number of pyridine rings is 1. The maximum atomic E-state index is 12.6. The zero-order valence-corrected chi connectivity index (χ0v) is 11.0. The van der Waals surface area contributed by atoms with Gasteiger partial charge in [0.2, 0.25) is 0 Å². The minimum atomic E-state index is -4.59. The molecule has 9 heteroatoms. The molecule has 2 aromatic heterocycles. The molecule has 0 aliphatic heterocycles. The van der Waals surface area contributed by atoms with E-state index in [-0.39, 0.29) is 11.4 Å². The number of aromatic nitrogens is 2. The molecule has 0 saturated carbocycles. The van der Waals surface area contributed by atoms with Gasteiger partial charge in [0.25, 0.3) is 0 Å². The number of imidazole rings is 1. The number of nitriles is 1. The van der Waals surface area contributed by atoms with Crippen molar-refractivity contribution in [1.82, 2.24) is 9.38 Å². The van der Waals surface area contributed by atoms with Crippen molar-refractivity contribution < 1.29 is 21.6 Å². The summed E-state index contributed by atoms with van der Waals surface area (Å²) in [5.41, 5.74) is -1.44. The number of hydrogen-bond acceptors (Lipinski definition) is 4. The van der Waals surface area contributed by atoms with Gasteiger partial charge >= 0.3 is 6.18 Å². The fourth-order valence-electron chi connectivity index (χ4n) is 1.65. The highest BCUT2D eigenvalue weighted by Crippen LogP contribution is 2.30. The van der Waals surface area contributed by atoms with Gasteiger partial charge in [-0.15, -0.1) is 0 Å². The van der Waals surface area contributed by atoms with E-state index < -0.39 is 32.3 Å². The second kappa shape index (κ2) is 4.49. The van der Waals surface area contributed by atoms with Crippen molar-refractivity contribution in [2.75, 3.05) is 5.75 Å². The Balaban J connectivity index is 2.82. The van der Waals surface area contributed by atoms with Crippen LogP contribution in [0.25, 0.3) is 5.65 Å². The standard InChI is InChI=1S/C11H8F3N3O2S/c1-2-20(18,19)10-8(5-15)17-6-7(11(12,13)14)3-4-9(17)16-10/h3-4,6H,2H2,1H3. The summed E-state index contributed by atoms with van der Waals surface area (Å²) in [6.07, 6.45) is -3.93. The lowest BCUT2D eigenvalue weighted by atomic mass is 10.3. The average Bonchev–Trinajstić information content (AvgIpc) is 2.75. The van der Waals surface area contributed by atoms with Crippen LogP contribution in [0.1, 0.15) is 18.2 Å². The Bertz CT molecular complexity index is 816. The van der Waals surface area contributed by atoms with Crippen LogP contribution in [0.4, 0.5) is 13.2 Å². The zero-order valence-electron chi connectivity index (χ0n) is 10.1. The number of rotatable bonds is 2. The van der Waals surface area contributed by atoms with E-state index in [0.717, 1.165) is 16.5 Å². The molecule has 2 aromatic rings. The molecule has 20 heavy (non-hydrogen) atoms. The quantitative estimate of drug-likeness (QED) is 0.850. The van der Waals surface area contributed by atoms with Crippen molar-refractivity contribution in [1.29, 1.82) is 5.26 Å². The van der Waals surface area contributed by atoms with E-state index in [1.807, 2.05) is 0 Å². The number of sulfone groups is 1. The van der Waals surface area contributed by atoms with Crippen molar-refractivity contribution in [3.05, 3.63) is 29.6 Å². The molecule has 0 N–H and O–H groups in total. The van der Waals surface area contributed by atoms with Gasteiger partial charge in [-0.25, -0.2) is 13.4 Å². The van der Waals surface area contributed by atoms with E-state index in [0.29, 0.717) is 6.20 Å². The lowest BCUT2D eigenvalue weighted by Crippen LogP contribution is -2.08. The van der Waals surface area contributed by atoms with E-state index >= 15 is 0 Å². The Kier molecular flexibility index (Phi) is 3.21. The molecule has 2 heterocycles. The fraction of sp³-hybridized carbons (Fsp3) is 0.273. The molecule has 2 rings (SSSR count). The highest BCUT2D eigenvalue weighted by molar-refractivity contribution is 7.91. The van der Waals surface area contributed by atoms with Crippen molar-refractivity contribution in [2.45, 2.75) is 18.1 Å². The molecule has 0 amide bonds. The second-order valence-corrected chi connectivity index (χ2v) is 6.12. The number of halogens is 3. The van der Waals surface area contributed by atoms with Crippen LogP contribution in [0.5, 0.6) is 0 Å². The van der Waals surface area contributed by atoms with E-state index in [1.165, 1.54) is 6.92 Å². The minimum Gasteiger partial charge on any atom is -0.289 e. The maximum Gasteiger partial charge on any atom is 0.417 e. The molecular formula is C11H8F3N3O2S. The van der Waals surface area contributed by atoms with Gasteiger partial charge in [-0.05, 0) is 12.1 Å². The molecule has 0 atom stereocenters. The van der Waals surface area contributed by atoms with Gasteiger partial charge in [-0.2, -0.15) is 18.4 Å². The highest BCUT2D eigenvalue weighted by Gasteiger charge is 2.32. The average molecular weight is 303 g/mol. The molecule has 0 radical (unpaired) electrons. The minimum absolute atomic E-state index is 0.0263. The Labute approximate surface area is 112 Å². The summed E-state index contributed by atoms with van der Waals surface area (Å²) in [6.45, 7) is 1.36. The van der Waals surface area contributed by atoms with Gasteiger partial charge in [0.15, 0.2) is 20.6 Å².